The minimum absolute atomic E-state index is 0. The Morgan fingerprint density at radius 2 is 0.358 bits per heavy atom. The lowest BCUT2D eigenvalue weighted by Gasteiger charge is -2.26. The average molecular weight is 1420 g/mol. The Bertz CT molecular complexity index is 2450. The van der Waals surface area contributed by atoms with E-state index in [-0.39, 0.29) is 83.0 Å². The van der Waals surface area contributed by atoms with Crippen LogP contribution >= 0.6 is 63.1 Å². The van der Waals surface area contributed by atoms with Gasteiger partial charge in [-0.3, -0.25) is 47.5 Å². The van der Waals surface area contributed by atoms with Gasteiger partial charge in [-0.2, -0.15) is 0 Å². The van der Waals surface area contributed by atoms with Gasteiger partial charge >= 0.3 is 29.8 Å². The van der Waals surface area contributed by atoms with E-state index in [1.165, 1.54) is 32.1 Å². The second-order valence-electron chi connectivity index (χ2n) is 25.2. The number of hydrogen-bond donors (Lipinski definition) is 5. The van der Waals surface area contributed by atoms with Crippen LogP contribution in [0.2, 0.25) is 0 Å². The van der Waals surface area contributed by atoms with Crippen LogP contribution in [0.15, 0.2) is 146 Å². The molecule has 0 atom stereocenters. The quantitative estimate of drug-likeness (QED) is 0.0299. The maximum Gasteiger partial charge on any atom is 0.314 e. The number of thiol groups is 5. The van der Waals surface area contributed by atoms with Gasteiger partial charge in [-0.1, -0.05) is 66.7 Å². The number of rotatable bonds is 15. The van der Waals surface area contributed by atoms with Crippen LogP contribution in [-0.4, -0.2) is 29.8 Å². The van der Waals surface area contributed by atoms with Gasteiger partial charge in [-0.05, 0) is 279 Å². The van der Waals surface area contributed by atoms with E-state index in [2.05, 4.69) is 97.8 Å². The van der Waals surface area contributed by atoms with Gasteiger partial charge in [0.1, 0.15) is 28.7 Å². The smallest absolute Gasteiger partial charge is 0.314 e. The summed E-state index contributed by atoms with van der Waals surface area (Å²) in [5, 5.41) is 0. The summed E-state index contributed by atoms with van der Waals surface area (Å²) in [5.41, 5.74) is 0. The van der Waals surface area contributed by atoms with Crippen LogP contribution in [0.3, 0.4) is 0 Å². The zero-order valence-electron chi connectivity index (χ0n) is 55.9. The molecule has 0 unspecified atom stereocenters. The summed E-state index contributed by atoms with van der Waals surface area (Å²) < 4.78 is 27.0. The molecule has 20 heteroatoms. The standard InChI is InChI=1S/5C15H20O2S.5FH/c5*1-2-11-3-5-12(6-4-11)15(16)17-13-7-9-14(18)10-8-13;;;;;/h5*7-12,18H,2-6H2,1H3;5*1H. The van der Waals surface area contributed by atoms with Crippen molar-refractivity contribution in [3.8, 4) is 28.7 Å². The SMILES string of the molecule is CCC1CCC(C(=O)Oc2ccc(S)cc2)CC1.CCC1CCC(C(=O)Oc2ccc(S)cc2)CC1.CCC1CCC(C(=O)Oc2ccc(S)cc2)CC1.CCC1CCC(C(=O)Oc2ccc(S)cc2)CC1.CCC1CCC(C(=O)Oc2ccc(S)cc2)CC1.F.F.F.F.F. The molecule has 5 aliphatic rings. The van der Waals surface area contributed by atoms with Gasteiger partial charge in [0.05, 0.1) is 29.6 Å². The number of halogens is 5. The lowest BCUT2D eigenvalue weighted by atomic mass is 9.81. The Morgan fingerprint density at radius 1 is 0.242 bits per heavy atom. The first-order chi connectivity index (χ1) is 43.4. The number of benzene rings is 5. The molecule has 10 rings (SSSR count). The van der Waals surface area contributed by atoms with Crippen LogP contribution in [0.5, 0.6) is 28.7 Å². The predicted molar refractivity (Wildman–Crippen MR) is 388 cm³/mol. The molecule has 0 amide bonds. The monoisotopic (exact) mass is 1420 g/mol. The first-order valence-corrected chi connectivity index (χ1v) is 35.7. The van der Waals surface area contributed by atoms with Crippen molar-refractivity contribution in [3.63, 3.8) is 0 Å². The predicted octanol–water partition coefficient (Wildman–Crippen LogP) is 21.2. The highest BCUT2D eigenvalue weighted by molar-refractivity contribution is 7.81. The summed E-state index contributed by atoms with van der Waals surface area (Å²) in [6, 6.07) is 36.2. The van der Waals surface area contributed by atoms with Crippen LogP contribution in [0, 0.1) is 59.2 Å². The Labute approximate surface area is 589 Å². The Balaban J connectivity index is 0.000000586. The largest absolute Gasteiger partial charge is 0.426 e. The summed E-state index contributed by atoms with van der Waals surface area (Å²) in [7, 11) is 0. The van der Waals surface area contributed by atoms with Gasteiger partial charge in [0.25, 0.3) is 0 Å². The molecule has 5 aliphatic carbocycles. The van der Waals surface area contributed by atoms with Crippen molar-refractivity contribution in [3.05, 3.63) is 121 Å². The fourth-order valence-corrected chi connectivity index (χ4v) is 13.3. The van der Waals surface area contributed by atoms with E-state index in [4.69, 9.17) is 23.7 Å². The molecule has 95 heavy (non-hydrogen) atoms. The average Bonchev–Trinajstić information content (AvgIpc) is 1.47. The number of carbonyl (C=O) groups is 5. The minimum atomic E-state index is -0.0727. The normalized spacial score (nSPS) is 22.4. The molecule has 5 fully saturated rings. The van der Waals surface area contributed by atoms with E-state index in [1.54, 1.807) is 60.7 Å². The van der Waals surface area contributed by atoms with Crippen molar-refractivity contribution in [2.75, 3.05) is 0 Å². The molecule has 0 N–H and O–H groups in total. The molecule has 5 saturated carbocycles. The number of carbonyl (C=O) groups excluding carboxylic acids is 5. The first kappa shape index (κ1) is 87.9. The zero-order valence-corrected chi connectivity index (χ0v) is 60.3. The van der Waals surface area contributed by atoms with Crippen LogP contribution in [0.25, 0.3) is 0 Å². The van der Waals surface area contributed by atoms with Gasteiger partial charge in [0.15, 0.2) is 0 Å². The van der Waals surface area contributed by atoms with Crippen LogP contribution in [0.1, 0.15) is 195 Å². The third kappa shape index (κ3) is 31.9. The summed E-state index contributed by atoms with van der Waals surface area (Å²) in [5.74, 6) is 7.19. The molecular formula is C75H105F5O10S5. The Morgan fingerprint density at radius 3 is 0.463 bits per heavy atom. The fourth-order valence-electron chi connectivity index (χ4n) is 12.6. The minimum Gasteiger partial charge on any atom is -0.426 e. The van der Waals surface area contributed by atoms with Gasteiger partial charge in [-0.15, -0.1) is 63.1 Å². The van der Waals surface area contributed by atoms with E-state index in [9.17, 15) is 24.0 Å². The number of ether oxygens (including phenoxy) is 5. The molecule has 0 heterocycles. The van der Waals surface area contributed by atoms with Crippen LogP contribution in [-0.2, 0) is 24.0 Å². The van der Waals surface area contributed by atoms with Crippen molar-refractivity contribution in [1.82, 2.24) is 0 Å². The molecule has 0 bridgehead atoms. The summed E-state index contributed by atoms with van der Waals surface area (Å²) in [6.07, 6.45) is 27.5. The topological polar surface area (TPSA) is 132 Å². The van der Waals surface area contributed by atoms with Crippen molar-refractivity contribution in [1.29, 1.82) is 0 Å². The van der Waals surface area contributed by atoms with Crippen LogP contribution < -0.4 is 23.7 Å². The maximum atomic E-state index is 12.0. The molecule has 0 radical (unpaired) electrons. The number of esters is 5. The fraction of sp³-hybridized carbons (Fsp3) is 0.533. The molecule has 5 aromatic rings. The van der Waals surface area contributed by atoms with Gasteiger partial charge < -0.3 is 23.7 Å². The summed E-state index contributed by atoms with van der Waals surface area (Å²) in [4.78, 5) is 64.4. The maximum absolute atomic E-state index is 12.0. The molecular weight excluding hydrogens is 1320 g/mol. The van der Waals surface area contributed by atoms with E-state index in [0.717, 1.165) is 182 Å². The highest BCUT2D eigenvalue weighted by Crippen LogP contribution is 2.37. The van der Waals surface area contributed by atoms with E-state index < -0.39 is 0 Å². The van der Waals surface area contributed by atoms with Crippen molar-refractivity contribution < 1.29 is 71.2 Å². The second kappa shape index (κ2) is 47.7. The highest BCUT2D eigenvalue weighted by atomic mass is 32.1. The van der Waals surface area contributed by atoms with E-state index in [1.807, 2.05) is 60.7 Å². The lowest BCUT2D eigenvalue weighted by molar-refractivity contribution is -0.141. The molecule has 5 aromatic carbocycles. The summed E-state index contributed by atoms with van der Waals surface area (Å²) in [6.45, 7) is 11.1. The summed E-state index contributed by atoms with van der Waals surface area (Å²) >= 11 is 21.0. The van der Waals surface area contributed by atoms with Crippen molar-refractivity contribution in [2.45, 2.75) is 220 Å². The zero-order chi connectivity index (χ0) is 64.8. The van der Waals surface area contributed by atoms with Gasteiger partial charge in [-0.25, -0.2) is 0 Å². The highest BCUT2D eigenvalue weighted by Gasteiger charge is 2.31. The van der Waals surface area contributed by atoms with Crippen molar-refractivity contribution in [2.24, 2.45) is 59.2 Å². The van der Waals surface area contributed by atoms with Gasteiger partial charge in [0.2, 0.25) is 0 Å². The molecule has 0 aliphatic heterocycles. The van der Waals surface area contributed by atoms with E-state index in [0.29, 0.717) is 28.7 Å². The number of hydrogen-bond acceptors (Lipinski definition) is 15. The molecule has 10 nitrogen and oxygen atoms in total. The molecule has 530 valence electrons. The molecule has 0 saturated heterocycles. The lowest BCUT2D eigenvalue weighted by Crippen LogP contribution is -2.25. The Hall–Kier alpha value is -5.15. The molecule has 0 spiro atoms. The third-order valence-electron chi connectivity index (χ3n) is 19.1. The Kier molecular flexibility index (Phi) is 44.2. The van der Waals surface area contributed by atoms with Crippen molar-refractivity contribution >= 4 is 93.0 Å². The van der Waals surface area contributed by atoms with E-state index >= 15 is 0 Å². The van der Waals surface area contributed by atoms with Crippen LogP contribution in [0.4, 0.5) is 23.5 Å². The molecule has 0 aromatic heterocycles. The van der Waals surface area contributed by atoms with Gasteiger partial charge in [0, 0.05) is 24.5 Å². The second-order valence-corrected chi connectivity index (χ2v) is 27.8. The third-order valence-corrected chi connectivity index (χ3v) is 20.6. The first-order valence-electron chi connectivity index (χ1n) is 33.5.